The molecule has 1 aliphatic rings. The number of guanidine groups is 1. The highest BCUT2D eigenvalue weighted by atomic mass is 16.7. The molecular formula is C18H22N4O. The van der Waals surface area contributed by atoms with Gasteiger partial charge in [-0.15, -0.1) is 0 Å². The SMILES string of the molecule is CC(C)c1ccccc1NC1=NCCN1OCc1ccccn1. The average molecular weight is 310 g/mol. The summed E-state index contributed by atoms with van der Waals surface area (Å²) >= 11 is 0. The van der Waals surface area contributed by atoms with Crippen LogP contribution in [0.2, 0.25) is 0 Å². The third kappa shape index (κ3) is 3.87. The van der Waals surface area contributed by atoms with Crippen molar-refractivity contribution in [3.63, 3.8) is 0 Å². The Kier molecular flexibility index (Phi) is 4.88. The van der Waals surface area contributed by atoms with Gasteiger partial charge in [0.2, 0.25) is 5.96 Å². The lowest BCUT2D eigenvalue weighted by Crippen LogP contribution is -2.33. The van der Waals surface area contributed by atoms with Crippen LogP contribution in [0.15, 0.2) is 53.7 Å². The maximum Gasteiger partial charge on any atom is 0.223 e. The number of hydrogen-bond acceptors (Lipinski definition) is 5. The summed E-state index contributed by atoms with van der Waals surface area (Å²) < 4.78 is 0. The van der Waals surface area contributed by atoms with E-state index < -0.39 is 0 Å². The van der Waals surface area contributed by atoms with E-state index in [4.69, 9.17) is 4.84 Å². The highest BCUT2D eigenvalue weighted by molar-refractivity contribution is 5.94. The number of hydroxylamine groups is 2. The van der Waals surface area contributed by atoms with Gasteiger partial charge in [-0.3, -0.25) is 9.82 Å². The van der Waals surface area contributed by atoms with E-state index in [0.717, 1.165) is 30.4 Å². The van der Waals surface area contributed by atoms with Gasteiger partial charge in [0.25, 0.3) is 0 Å². The van der Waals surface area contributed by atoms with Crippen LogP contribution in [0.4, 0.5) is 5.69 Å². The van der Waals surface area contributed by atoms with Crippen LogP contribution in [-0.2, 0) is 11.4 Å². The molecular weight excluding hydrogens is 288 g/mol. The van der Waals surface area contributed by atoms with Crippen molar-refractivity contribution in [2.45, 2.75) is 26.4 Å². The van der Waals surface area contributed by atoms with Crippen molar-refractivity contribution >= 4 is 11.6 Å². The van der Waals surface area contributed by atoms with E-state index in [1.165, 1.54) is 5.56 Å². The number of pyridine rings is 1. The summed E-state index contributed by atoms with van der Waals surface area (Å²) in [7, 11) is 0. The van der Waals surface area contributed by atoms with Gasteiger partial charge in [-0.1, -0.05) is 38.1 Å². The summed E-state index contributed by atoms with van der Waals surface area (Å²) in [5, 5.41) is 5.22. The first-order valence-electron chi connectivity index (χ1n) is 7.95. The van der Waals surface area contributed by atoms with Crippen LogP contribution >= 0.6 is 0 Å². The van der Waals surface area contributed by atoms with Crippen LogP contribution in [0.25, 0.3) is 0 Å². The second-order valence-electron chi connectivity index (χ2n) is 5.77. The van der Waals surface area contributed by atoms with Crippen molar-refractivity contribution in [3.05, 3.63) is 59.9 Å². The first-order valence-corrected chi connectivity index (χ1v) is 7.95. The highest BCUT2D eigenvalue weighted by Gasteiger charge is 2.19. The molecule has 1 aromatic heterocycles. The lowest BCUT2D eigenvalue weighted by molar-refractivity contribution is -0.104. The molecule has 5 heteroatoms. The molecule has 5 nitrogen and oxygen atoms in total. The monoisotopic (exact) mass is 310 g/mol. The summed E-state index contributed by atoms with van der Waals surface area (Å²) in [5.41, 5.74) is 3.25. The number of nitrogens with one attached hydrogen (secondary N) is 1. The van der Waals surface area contributed by atoms with Crippen molar-refractivity contribution in [2.75, 3.05) is 18.4 Å². The summed E-state index contributed by atoms with van der Waals surface area (Å²) in [6.07, 6.45) is 1.77. The Balaban J connectivity index is 1.66. The van der Waals surface area contributed by atoms with Crippen molar-refractivity contribution < 1.29 is 4.84 Å². The van der Waals surface area contributed by atoms with Gasteiger partial charge in [0.1, 0.15) is 6.61 Å². The standard InChI is InChI=1S/C18H22N4O/c1-14(2)16-8-3-4-9-17(16)21-18-20-11-12-22(18)23-13-15-7-5-6-10-19-15/h3-10,14H,11-13H2,1-2H3,(H,20,21). The van der Waals surface area contributed by atoms with Gasteiger partial charge in [-0.2, -0.15) is 0 Å². The zero-order valence-electron chi connectivity index (χ0n) is 13.6. The smallest absolute Gasteiger partial charge is 0.223 e. The number of nitrogens with zero attached hydrogens (tertiary/aromatic N) is 3. The molecule has 2 heterocycles. The molecule has 1 aliphatic heterocycles. The average Bonchev–Trinajstić information content (AvgIpc) is 3.01. The molecule has 0 saturated heterocycles. The lowest BCUT2D eigenvalue weighted by Gasteiger charge is -2.22. The first kappa shape index (κ1) is 15.5. The first-order chi connectivity index (χ1) is 11.2. The molecule has 0 amide bonds. The van der Waals surface area contributed by atoms with Gasteiger partial charge in [-0.05, 0) is 29.7 Å². The zero-order chi connectivity index (χ0) is 16.1. The number of aromatic nitrogens is 1. The minimum absolute atomic E-state index is 0.438. The Morgan fingerprint density at radius 1 is 1.17 bits per heavy atom. The molecule has 0 spiro atoms. The van der Waals surface area contributed by atoms with Crippen molar-refractivity contribution in [3.8, 4) is 0 Å². The number of hydrogen-bond donors (Lipinski definition) is 1. The van der Waals surface area contributed by atoms with E-state index in [9.17, 15) is 0 Å². The Bertz CT molecular complexity index is 670. The zero-order valence-corrected chi connectivity index (χ0v) is 13.6. The van der Waals surface area contributed by atoms with E-state index in [2.05, 4.69) is 47.3 Å². The molecule has 3 rings (SSSR count). The van der Waals surface area contributed by atoms with E-state index in [-0.39, 0.29) is 0 Å². The number of anilines is 1. The Morgan fingerprint density at radius 3 is 2.78 bits per heavy atom. The molecule has 0 aliphatic carbocycles. The Hall–Kier alpha value is -2.40. The normalized spacial score (nSPS) is 14.2. The summed E-state index contributed by atoms with van der Waals surface area (Å²) in [6.45, 7) is 6.29. The molecule has 0 atom stereocenters. The summed E-state index contributed by atoms with van der Waals surface area (Å²) in [5.74, 6) is 1.21. The molecule has 0 bridgehead atoms. The quantitative estimate of drug-likeness (QED) is 0.919. The topological polar surface area (TPSA) is 49.8 Å². The summed E-state index contributed by atoms with van der Waals surface area (Å²) in [4.78, 5) is 14.6. The number of para-hydroxylation sites is 1. The largest absolute Gasteiger partial charge is 0.324 e. The van der Waals surface area contributed by atoms with Crippen LogP contribution in [0.5, 0.6) is 0 Å². The molecule has 120 valence electrons. The highest BCUT2D eigenvalue weighted by Crippen LogP contribution is 2.24. The molecule has 0 unspecified atom stereocenters. The van der Waals surface area contributed by atoms with Gasteiger partial charge in [-0.25, -0.2) is 10.1 Å². The molecule has 0 saturated carbocycles. The van der Waals surface area contributed by atoms with Crippen LogP contribution in [0, 0.1) is 0 Å². The predicted molar refractivity (Wildman–Crippen MR) is 92.2 cm³/mol. The molecule has 1 N–H and O–H groups in total. The Morgan fingerprint density at radius 2 is 2.00 bits per heavy atom. The van der Waals surface area contributed by atoms with Crippen LogP contribution in [-0.4, -0.2) is 29.1 Å². The third-order valence-electron chi connectivity index (χ3n) is 3.72. The predicted octanol–water partition coefficient (Wildman–Crippen LogP) is 3.42. The third-order valence-corrected chi connectivity index (χ3v) is 3.72. The van der Waals surface area contributed by atoms with Crippen LogP contribution in [0.1, 0.15) is 31.0 Å². The fourth-order valence-corrected chi connectivity index (χ4v) is 2.52. The fourth-order valence-electron chi connectivity index (χ4n) is 2.52. The second kappa shape index (κ2) is 7.24. The van der Waals surface area contributed by atoms with Gasteiger partial charge < -0.3 is 5.32 Å². The molecule has 23 heavy (non-hydrogen) atoms. The van der Waals surface area contributed by atoms with Gasteiger partial charge in [0.15, 0.2) is 0 Å². The maximum absolute atomic E-state index is 5.85. The number of rotatable bonds is 5. The van der Waals surface area contributed by atoms with E-state index in [1.54, 1.807) is 6.20 Å². The minimum Gasteiger partial charge on any atom is -0.324 e. The fraction of sp³-hybridized carbons (Fsp3) is 0.333. The van der Waals surface area contributed by atoms with E-state index in [1.807, 2.05) is 29.3 Å². The maximum atomic E-state index is 5.85. The Labute approximate surface area is 137 Å². The molecule has 0 radical (unpaired) electrons. The minimum atomic E-state index is 0.438. The van der Waals surface area contributed by atoms with E-state index in [0.29, 0.717) is 12.5 Å². The lowest BCUT2D eigenvalue weighted by atomic mass is 10.0. The van der Waals surface area contributed by atoms with Gasteiger partial charge >= 0.3 is 0 Å². The van der Waals surface area contributed by atoms with Crippen molar-refractivity contribution in [1.82, 2.24) is 10.0 Å². The van der Waals surface area contributed by atoms with E-state index >= 15 is 0 Å². The number of aliphatic imine (C=N–C) groups is 1. The van der Waals surface area contributed by atoms with Crippen molar-refractivity contribution in [1.29, 1.82) is 0 Å². The second-order valence-corrected chi connectivity index (χ2v) is 5.77. The van der Waals surface area contributed by atoms with Gasteiger partial charge in [0, 0.05) is 11.9 Å². The molecule has 0 fully saturated rings. The molecule has 2 aromatic rings. The number of benzene rings is 1. The van der Waals surface area contributed by atoms with Crippen LogP contribution in [0.3, 0.4) is 0 Å². The molecule has 1 aromatic carbocycles. The van der Waals surface area contributed by atoms with Crippen LogP contribution < -0.4 is 5.32 Å². The van der Waals surface area contributed by atoms with Gasteiger partial charge in [0.05, 0.1) is 18.8 Å². The summed E-state index contributed by atoms with van der Waals surface area (Å²) in [6, 6.07) is 14.1. The van der Waals surface area contributed by atoms with Crippen molar-refractivity contribution in [2.24, 2.45) is 4.99 Å².